The average Bonchev–Trinajstić information content (AvgIpc) is 3.51. The van der Waals surface area contributed by atoms with Crippen molar-refractivity contribution in [1.29, 1.82) is 0 Å². The first kappa shape index (κ1) is 27.3. The van der Waals surface area contributed by atoms with E-state index >= 15 is 0 Å². The van der Waals surface area contributed by atoms with E-state index in [4.69, 9.17) is 9.47 Å². The Hall–Kier alpha value is -3.28. The quantitative estimate of drug-likeness (QED) is 0.397. The van der Waals surface area contributed by atoms with Crippen molar-refractivity contribution in [3.8, 4) is 11.5 Å². The molecule has 210 valence electrons. The van der Waals surface area contributed by atoms with Crippen molar-refractivity contribution >= 4 is 16.9 Å². The number of aromatic amines is 1. The molecule has 2 aliphatic heterocycles. The second kappa shape index (κ2) is 11.1. The van der Waals surface area contributed by atoms with Gasteiger partial charge < -0.3 is 24.3 Å². The predicted molar refractivity (Wildman–Crippen MR) is 138 cm³/mol. The summed E-state index contributed by atoms with van der Waals surface area (Å²) in [5.74, 6) is -0.741. The summed E-state index contributed by atoms with van der Waals surface area (Å²) in [7, 11) is 1.63. The third-order valence-corrected chi connectivity index (χ3v) is 7.63. The minimum absolute atomic E-state index is 0.0671. The zero-order chi connectivity index (χ0) is 27.6. The molecule has 2 N–H and O–H groups in total. The Morgan fingerprint density at radius 2 is 1.95 bits per heavy atom. The van der Waals surface area contributed by atoms with Crippen molar-refractivity contribution in [2.24, 2.45) is 0 Å². The molecule has 2 unspecified atom stereocenters. The van der Waals surface area contributed by atoms with Crippen LogP contribution in [0, 0.1) is 0 Å². The van der Waals surface area contributed by atoms with Gasteiger partial charge in [-0.25, -0.2) is 4.79 Å². The molecule has 2 aliphatic rings. The highest BCUT2D eigenvalue weighted by molar-refractivity contribution is 5.87. The lowest BCUT2D eigenvalue weighted by atomic mass is 9.83. The third kappa shape index (κ3) is 5.70. The van der Waals surface area contributed by atoms with Gasteiger partial charge in [0.25, 0.3) is 0 Å². The molecule has 2 aromatic carbocycles. The van der Waals surface area contributed by atoms with E-state index in [9.17, 15) is 23.1 Å². The standard InChI is InChI=1S/C28H32F3N3O5/c1-37-21-7-8-24-23(15-21)22-9-11-34(16-19(35)17-39-26(36)28(29,30)31)27(25(22)32-24)10-12-33(18-27)13-14-38-20-5-3-2-4-6-20/h2-8,15,19,32,35H,9-14,16-18H2,1H3. The molecule has 1 spiro atoms. The second-order valence-corrected chi connectivity index (χ2v) is 10.1. The molecule has 8 nitrogen and oxygen atoms in total. The molecule has 3 aromatic rings. The normalized spacial score (nSPS) is 20.7. The first-order valence-corrected chi connectivity index (χ1v) is 13.0. The number of aliphatic hydroxyl groups excluding tert-OH is 1. The highest BCUT2D eigenvalue weighted by atomic mass is 19.4. The molecular weight excluding hydrogens is 515 g/mol. The number of H-pyrrole nitrogens is 1. The number of carbonyl (C=O) groups excluding carboxylic acids is 1. The fourth-order valence-corrected chi connectivity index (χ4v) is 5.79. The maximum atomic E-state index is 12.6. The van der Waals surface area contributed by atoms with Crippen LogP contribution < -0.4 is 9.47 Å². The van der Waals surface area contributed by atoms with Crippen LogP contribution in [0.3, 0.4) is 0 Å². The predicted octanol–water partition coefficient (Wildman–Crippen LogP) is 3.48. The topological polar surface area (TPSA) is 87.3 Å². The minimum atomic E-state index is -5.10. The van der Waals surface area contributed by atoms with Crippen molar-refractivity contribution in [1.82, 2.24) is 14.8 Å². The fraction of sp³-hybridized carbons (Fsp3) is 0.464. The summed E-state index contributed by atoms with van der Waals surface area (Å²) >= 11 is 0. The Labute approximate surface area is 224 Å². The van der Waals surface area contributed by atoms with E-state index in [1.165, 1.54) is 5.56 Å². The largest absolute Gasteiger partial charge is 0.497 e. The summed E-state index contributed by atoms with van der Waals surface area (Å²) < 4.78 is 53.4. The first-order valence-electron chi connectivity index (χ1n) is 13.0. The Balaban J connectivity index is 1.36. The molecule has 1 aromatic heterocycles. The van der Waals surface area contributed by atoms with Crippen LogP contribution in [0.4, 0.5) is 13.2 Å². The zero-order valence-electron chi connectivity index (χ0n) is 21.7. The Kier molecular flexibility index (Phi) is 7.75. The number of esters is 1. The fourth-order valence-electron chi connectivity index (χ4n) is 5.79. The summed E-state index contributed by atoms with van der Waals surface area (Å²) in [6.45, 7) is 2.57. The van der Waals surface area contributed by atoms with Crippen LogP contribution in [-0.2, 0) is 21.5 Å². The number of rotatable bonds is 9. The molecule has 0 amide bonds. The van der Waals surface area contributed by atoms with Gasteiger partial charge in [0, 0.05) is 49.3 Å². The van der Waals surface area contributed by atoms with Gasteiger partial charge in [-0.2, -0.15) is 13.2 Å². The summed E-state index contributed by atoms with van der Waals surface area (Å²) in [6.07, 6.45) is -4.92. The van der Waals surface area contributed by atoms with Gasteiger partial charge in [-0.15, -0.1) is 0 Å². The maximum absolute atomic E-state index is 12.6. The molecular formula is C28H32F3N3O5. The molecule has 39 heavy (non-hydrogen) atoms. The van der Waals surface area contributed by atoms with Crippen molar-refractivity contribution in [3.63, 3.8) is 0 Å². The Morgan fingerprint density at radius 3 is 2.69 bits per heavy atom. The van der Waals surface area contributed by atoms with Crippen LogP contribution in [0.5, 0.6) is 11.5 Å². The SMILES string of the molecule is COc1ccc2[nH]c3c(c2c1)CCN(CC(O)COC(=O)C(F)(F)F)C31CCN(CCOc2ccccc2)C1. The van der Waals surface area contributed by atoms with E-state index in [1.54, 1.807) is 7.11 Å². The number of aromatic nitrogens is 1. The molecule has 0 saturated carbocycles. The molecule has 2 atom stereocenters. The highest BCUT2D eigenvalue weighted by Gasteiger charge is 2.49. The van der Waals surface area contributed by atoms with Gasteiger partial charge in [0.15, 0.2) is 0 Å². The Bertz CT molecular complexity index is 1300. The van der Waals surface area contributed by atoms with Gasteiger partial charge in [-0.3, -0.25) is 9.80 Å². The number of likely N-dealkylation sites (tertiary alicyclic amines) is 1. The number of para-hydroxylation sites is 1. The minimum Gasteiger partial charge on any atom is -0.497 e. The van der Waals surface area contributed by atoms with E-state index in [1.807, 2.05) is 48.5 Å². The van der Waals surface area contributed by atoms with E-state index in [2.05, 4.69) is 19.5 Å². The molecule has 0 radical (unpaired) electrons. The van der Waals surface area contributed by atoms with Crippen LogP contribution in [0.25, 0.3) is 10.9 Å². The molecule has 3 heterocycles. The highest BCUT2D eigenvalue weighted by Crippen LogP contribution is 2.45. The number of ether oxygens (including phenoxy) is 3. The summed E-state index contributed by atoms with van der Waals surface area (Å²) in [6, 6.07) is 15.5. The molecule has 1 fully saturated rings. The molecule has 5 rings (SSSR count). The maximum Gasteiger partial charge on any atom is 0.490 e. The number of methoxy groups -OCH3 is 1. The van der Waals surface area contributed by atoms with Gasteiger partial charge in [-0.1, -0.05) is 18.2 Å². The van der Waals surface area contributed by atoms with E-state index < -0.39 is 30.4 Å². The number of hydrogen-bond donors (Lipinski definition) is 2. The number of alkyl halides is 3. The van der Waals surface area contributed by atoms with Crippen molar-refractivity contribution < 1.29 is 37.3 Å². The second-order valence-electron chi connectivity index (χ2n) is 10.1. The van der Waals surface area contributed by atoms with Crippen molar-refractivity contribution in [2.45, 2.75) is 30.7 Å². The number of halogens is 3. The van der Waals surface area contributed by atoms with Crippen LogP contribution in [0.15, 0.2) is 48.5 Å². The van der Waals surface area contributed by atoms with Crippen LogP contribution in [0.1, 0.15) is 17.7 Å². The first-order chi connectivity index (χ1) is 18.7. The molecule has 0 bridgehead atoms. The number of fused-ring (bicyclic) bond motifs is 4. The van der Waals surface area contributed by atoms with Crippen LogP contribution in [-0.4, -0.2) is 91.2 Å². The van der Waals surface area contributed by atoms with E-state index in [-0.39, 0.29) is 6.54 Å². The van der Waals surface area contributed by atoms with Crippen LogP contribution in [0.2, 0.25) is 0 Å². The monoisotopic (exact) mass is 547 g/mol. The van der Waals surface area contributed by atoms with E-state index in [0.29, 0.717) is 32.7 Å². The number of carbonyl (C=O) groups is 1. The molecule has 11 heteroatoms. The van der Waals surface area contributed by atoms with Crippen LogP contribution >= 0.6 is 0 Å². The summed E-state index contributed by atoms with van der Waals surface area (Å²) in [4.78, 5) is 19.2. The van der Waals surface area contributed by atoms with Gasteiger partial charge in [0.05, 0.1) is 12.6 Å². The van der Waals surface area contributed by atoms with Gasteiger partial charge in [-0.05, 0) is 48.7 Å². The number of hydrogen-bond acceptors (Lipinski definition) is 7. The number of aliphatic hydroxyl groups is 1. The average molecular weight is 548 g/mol. The van der Waals surface area contributed by atoms with Gasteiger partial charge in [0.1, 0.15) is 30.8 Å². The number of nitrogens with one attached hydrogen (secondary N) is 1. The molecule has 1 saturated heterocycles. The van der Waals surface area contributed by atoms with Gasteiger partial charge >= 0.3 is 12.1 Å². The van der Waals surface area contributed by atoms with Gasteiger partial charge in [0.2, 0.25) is 0 Å². The van der Waals surface area contributed by atoms with Crippen molar-refractivity contribution in [2.75, 3.05) is 53.0 Å². The number of nitrogens with zero attached hydrogens (tertiary/aromatic N) is 2. The summed E-state index contributed by atoms with van der Waals surface area (Å²) in [5.41, 5.74) is 2.71. The summed E-state index contributed by atoms with van der Waals surface area (Å²) in [5, 5.41) is 11.7. The lowest BCUT2D eigenvalue weighted by Crippen LogP contribution is -2.55. The molecule has 0 aliphatic carbocycles. The Morgan fingerprint density at radius 1 is 1.15 bits per heavy atom. The van der Waals surface area contributed by atoms with E-state index in [0.717, 1.165) is 41.1 Å². The lowest BCUT2D eigenvalue weighted by molar-refractivity contribution is -0.202. The number of β-amino-alcohol motifs (C(OH)–C–C–N with tert-alkyl or cyclic N) is 1. The smallest absolute Gasteiger partial charge is 0.490 e. The lowest BCUT2D eigenvalue weighted by Gasteiger charge is -2.45. The number of benzene rings is 2. The third-order valence-electron chi connectivity index (χ3n) is 7.63. The van der Waals surface area contributed by atoms with Crippen molar-refractivity contribution in [3.05, 3.63) is 59.8 Å². The zero-order valence-corrected chi connectivity index (χ0v) is 21.7.